The van der Waals surface area contributed by atoms with Crippen LogP contribution >= 0.6 is 15.9 Å². The molecule has 0 heterocycles. The summed E-state index contributed by atoms with van der Waals surface area (Å²) in [5.41, 5.74) is 0.883. The number of carbonyl (C=O) groups is 1. The molecule has 1 N–H and O–H groups in total. The van der Waals surface area contributed by atoms with Crippen LogP contribution in [0.1, 0.15) is 29.7 Å². The lowest BCUT2D eigenvalue weighted by Crippen LogP contribution is -2.38. The molecule has 0 spiro atoms. The zero-order chi connectivity index (χ0) is 18.6. The fraction of sp³-hybridized carbons (Fsp3) is 0.278. The van der Waals surface area contributed by atoms with E-state index in [1.165, 1.54) is 17.0 Å². The van der Waals surface area contributed by atoms with Gasteiger partial charge in [0.15, 0.2) is 0 Å². The van der Waals surface area contributed by atoms with Crippen LogP contribution in [0.25, 0.3) is 0 Å². The summed E-state index contributed by atoms with van der Waals surface area (Å²) in [7, 11) is 1.60. The van der Waals surface area contributed by atoms with Gasteiger partial charge in [-0.1, -0.05) is 40.2 Å². The van der Waals surface area contributed by atoms with Crippen molar-refractivity contribution in [3.8, 4) is 0 Å². The molecule has 0 aromatic heterocycles. The standard InChI is InChI=1S/C18H18BrF3N2O/c1-12(14-5-9-16(19)10-6-14)23-17(25)24(2)11-13-3-7-15(8-4-13)18(20,21)22/h3-10,12H,11H2,1-2H3,(H,23,25). The van der Waals surface area contributed by atoms with Gasteiger partial charge in [-0.05, 0) is 42.3 Å². The Morgan fingerprint density at radius 1 is 1.12 bits per heavy atom. The van der Waals surface area contributed by atoms with E-state index in [-0.39, 0.29) is 18.6 Å². The first-order valence-electron chi connectivity index (χ1n) is 7.60. The number of urea groups is 1. The van der Waals surface area contributed by atoms with Crippen molar-refractivity contribution in [2.75, 3.05) is 7.05 Å². The Morgan fingerprint density at radius 3 is 2.20 bits per heavy atom. The van der Waals surface area contributed by atoms with Crippen LogP contribution in [0, 0.1) is 0 Å². The van der Waals surface area contributed by atoms with Crippen LogP contribution in [0.15, 0.2) is 53.0 Å². The van der Waals surface area contributed by atoms with E-state index in [4.69, 9.17) is 0 Å². The third kappa shape index (κ3) is 5.49. The first kappa shape index (κ1) is 19.3. The summed E-state index contributed by atoms with van der Waals surface area (Å²) in [5, 5.41) is 2.86. The van der Waals surface area contributed by atoms with Crippen molar-refractivity contribution in [1.29, 1.82) is 0 Å². The molecule has 3 nitrogen and oxygen atoms in total. The van der Waals surface area contributed by atoms with Gasteiger partial charge in [0.25, 0.3) is 0 Å². The number of hydrogen-bond donors (Lipinski definition) is 1. The lowest BCUT2D eigenvalue weighted by molar-refractivity contribution is -0.137. The van der Waals surface area contributed by atoms with Crippen LogP contribution in [-0.4, -0.2) is 18.0 Å². The lowest BCUT2D eigenvalue weighted by atomic mass is 10.1. The van der Waals surface area contributed by atoms with Crippen LogP contribution < -0.4 is 5.32 Å². The highest BCUT2D eigenvalue weighted by Crippen LogP contribution is 2.29. The number of hydrogen-bond acceptors (Lipinski definition) is 1. The second kappa shape index (κ2) is 7.91. The number of nitrogens with zero attached hydrogens (tertiary/aromatic N) is 1. The molecule has 0 radical (unpaired) electrons. The van der Waals surface area contributed by atoms with Gasteiger partial charge in [-0.15, -0.1) is 0 Å². The monoisotopic (exact) mass is 414 g/mol. The molecular weight excluding hydrogens is 397 g/mol. The third-order valence-corrected chi connectivity index (χ3v) is 4.29. The second-order valence-corrected chi connectivity index (χ2v) is 6.69. The molecule has 0 aliphatic carbocycles. The number of rotatable bonds is 4. The maximum atomic E-state index is 12.6. The molecule has 2 amide bonds. The number of amides is 2. The van der Waals surface area contributed by atoms with E-state index in [2.05, 4.69) is 21.2 Å². The normalized spacial score (nSPS) is 12.6. The number of nitrogens with one attached hydrogen (secondary N) is 1. The minimum absolute atomic E-state index is 0.185. The summed E-state index contributed by atoms with van der Waals surface area (Å²) in [6, 6.07) is 11.9. The highest BCUT2D eigenvalue weighted by Gasteiger charge is 2.30. The molecule has 2 rings (SSSR count). The van der Waals surface area contributed by atoms with Crippen molar-refractivity contribution in [2.24, 2.45) is 0 Å². The van der Waals surface area contributed by atoms with Crippen molar-refractivity contribution >= 4 is 22.0 Å². The van der Waals surface area contributed by atoms with E-state index in [1.807, 2.05) is 31.2 Å². The summed E-state index contributed by atoms with van der Waals surface area (Å²) in [6.07, 6.45) is -4.36. The van der Waals surface area contributed by atoms with Crippen LogP contribution in [0.4, 0.5) is 18.0 Å². The second-order valence-electron chi connectivity index (χ2n) is 5.77. The lowest BCUT2D eigenvalue weighted by Gasteiger charge is -2.22. The molecular formula is C18H18BrF3N2O. The van der Waals surface area contributed by atoms with Gasteiger partial charge in [-0.3, -0.25) is 0 Å². The Kier molecular flexibility index (Phi) is 6.11. The van der Waals surface area contributed by atoms with Gasteiger partial charge in [-0.25, -0.2) is 4.79 Å². The zero-order valence-electron chi connectivity index (χ0n) is 13.8. The van der Waals surface area contributed by atoms with Gasteiger partial charge in [0.1, 0.15) is 0 Å². The molecule has 134 valence electrons. The average molecular weight is 415 g/mol. The molecule has 1 unspecified atom stereocenters. The van der Waals surface area contributed by atoms with E-state index in [1.54, 1.807) is 7.05 Å². The Balaban J connectivity index is 1.94. The maximum Gasteiger partial charge on any atom is 0.416 e. The fourth-order valence-electron chi connectivity index (χ4n) is 2.27. The van der Waals surface area contributed by atoms with Crippen LogP contribution in [0.5, 0.6) is 0 Å². The summed E-state index contributed by atoms with van der Waals surface area (Å²) >= 11 is 3.36. The Bertz CT molecular complexity index is 715. The molecule has 0 fully saturated rings. The van der Waals surface area contributed by atoms with E-state index < -0.39 is 11.7 Å². The van der Waals surface area contributed by atoms with Crippen molar-refractivity contribution in [2.45, 2.75) is 25.7 Å². The fourth-order valence-corrected chi connectivity index (χ4v) is 2.54. The van der Waals surface area contributed by atoms with Gasteiger partial charge >= 0.3 is 12.2 Å². The van der Waals surface area contributed by atoms with Gasteiger partial charge < -0.3 is 10.2 Å². The van der Waals surface area contributed by atoms with Crippen molar-refractivity contribution < 1.29 is 18.0 Å². The van der Waals surface area contributed by atoms with Gasteiger partial charge in [0, 0.05) is 18.1 Å². The summed E-state index contributed by atoms with van der Waals surface area (Å²) < 4.78 is 38.6. The van der Waals surface area contributed by atoms with Crippen LogP contribution in [0.2, 0.25) is 0 Å². The predicted octanol–water partition coefficient (Wildman–Crippen LogP) is 5.37. The number of carbonyl (C=O) groups excluding carboxylic acids is 1. The molecule has 2 aromatic carbocycles. The first-order valence-corrected chi connectivity index (χ1v) is 8.39. The molecule has 0 saturated carbocycles. The Hall–Kier alpha value is -2.02. The predicted molar refractivity (Wildman–Crippen MR) is 94.0 cm³/mol. The smallest absolute Gasteiger partial charge is 0.331 e. The van der Waals surface area contributed by atoms with Crippen molar-refractivity contribution in [3.05, 3.63) is 69.7 Å². The molecule has 25 heavy (non-hydrogen) atoms. The van der Waals surface area contributed by atoms with E-state index in [0.717, 1.165) is 22.2 Å². The topological polar surface area (TPSA) is 32.3 Å². The molecule has 7 heteroatoms. The van der Waals surface area contributed by atoms with E-state index >= 15 is 0 Å². The minimum atomic E-state index is -4.36. The summed E-state index contributed by atoms with van der Waals surface area (Å²) in [4.78, 5) is 13.7. The molecule has 0 bridgehead atoms. The number of halogens is 4. The van der Waals surface area contributed by atoms with Crippen LogP contribution in [-0.2, 0) is 12.7 Å². The SMILES string of the molecule is CC(NC(=O)N(C)Cc1ccc(C(F)(F)F)cc1)c1ccc(Br)cc1. The molecule has 0 aliphatic heterocycles. The van der Waals surface area contributed by atoms with Crippen molar-refractivity contribution in [3.63, 3.8) is 0 Å². The average Bonchev–Trinajstić information content (AvgIpc) is 2.55. The summed E-state index contributed by atoms with van der Waals surface area (Å²) in [6.45, 7) is 2.09. The van der Waals surface area contributed by atoms with E-state index in [0.29, 0.717) is 5.56 Å². The number of alkyl halides is 3. The minimum Gasteiger partial charge on any atom is -0.331 e. The Labute approximate surface area is 153 Å². The highest BCUT2D eigenvalue weighted by molar-refractivity contribution is 9.10. The molecule has 2 aromatic rings. The van der Waals surface area contributed by atoms with E-state index in [9.17, 15) is 18.0 Å². The molecule has 1 atom stereocenters. The third-order valence-electron chi connectivity index (χ3n) is 3.76. The van der Waals surface area contributed by atoms with Gasteiger partial charge in [0.05, 0.1) is 11.6 Å². The van der Waals surface area contributed by atoms with Gasteiger partial charge in [-0.2, -0.15) is 13.2 Å². The van der Waals surface area contributed by atoms with Crippen molar-refractivity contribution in [1.82, 2.24) is 10.2 Å². The maximum absolute atomic E-state index is 12.6. The highest BCUT2D eigenvalue weighted by atomic mass is 79.9. The van der Waals surface area contributed by atoms with Crippen LogP contribution in [0.3, 0.4) is 0 Å². The largest absolute Gasteiger partial charge is 0.416 e. The quantitative estimate of drug-likeness (QED) is 0.716. The summed E-state index contributed by atoms with van der Waals surface area (Å²) in [5.74, 6) is 0. The number of benzene rings is 2. The zero-order valence-corrected chi connectivity index (χ0v) is 15.4. The Morgan fingerprint density at radius 2 is 1.68 bits per heavy atom. The molecule has 0 aliphatic rings. The molecule has 0 saturated heterocycles. The van der Waals surface area contributed by atoms with Gasteiger partial charge in [0.2, 0.25) is 0 Å². The first-order chi connectivity index (χ1) is 11.7.